The molecule has 0 aliphatic heterocycles. The molecule has 0 saturated heterocycles. The highest BCUT2D eigenvalue weighted by Crippen LogP contribution is 2.10. The van der Waals surface area contributed by atoms with Crippen molar-refractivity contribution in [3.8, 4) is 0 Å². The van der Waals surface area contributed by atoms with Crippen LogP contribution in [-0.2, 0) is 27.3 Å². The van der Waals surface area contributed by atoms with Crippen LogP contribution in [-0.4, -0.2) is 18.5 Å². The Labute approximate surface area is 140 Å². The van der Waals surface area contributed by atoms with Crippen LogP contribution in [0.3, 0.4) is 0 Å². The highest BCUT2D eigenvalue weighted by atomic mass is 19.1. The number of rotatable bonds is 6. The fourth-order valence-electron chi connectivity index (χ4n) is 2.16. The van der Waals surface area contributed by atoms with Crippen molar-refractivity contribution >= 4 is 11.9 Å². The van der Waals surface area contributed by atoms with E-state index in [0.29, 0.717) is 5.56 Å². The van der Waals surface area contributed by atoms with Gasteiger partial charge in [0.15, 0.2) is 6.61 Å². The number of hydrogen-bond acceptors (Lipinski definition) is 3. The average molecular weight is 329 g/mol. The predicted molar refractivity (Wildman–Crippen MR) is 88.8 cm³/mol. The Morgan fingerprint density at radius 3 is 2.54 bits per heavy atom. The van der Waals surface area contributed by atoms with Crippen LogP contribution in [0.5, 0.6) is 0 Å². The van der Waals surface area contributed by atoms with E-state index in [-0.39, 0.29) is 25.4 Å². The zero-order valence-electron chi connectivity index (χ0n) is 13.8. The lowest BCUT2D eigenvalue weighted by Gasteiger charge is -2.08. The molecule has 1 N–H and O–H groups in total. The van der Waals surface area contributed by atoms with E-state index in [1.165, 1.54) is 6.07 Å². The van der Waals surface area contributed by atoms with Gasteiger partial charge in [-0.25, -0.2) is 4.39 Å². The van der Waals surface area contributed by atoms with Crippen LogP contribution in [0.1, 0.15) is 22.3 Å². The first-order chi connectivity index (χ1) is 11.5. The second-order valence-electron chi connectivity index (χ2n) is 5.62. The van der Waals surface area contributed by atoms with E-state index in [2.05, 4.69) is 5.32 Å². The van der Waals surface area contributed by atoms with E-state index in [1.807, 2.05) is 32.0 Å². The van der Waals surface area contributed by atoms with E-state index in [0.717, 1.165) is 16.7 Å². The molecule has 0 spiro atoms. The lowest BCUT2D eigenvalue weighted by atomic mass is 10.0. The van der Waals surface area contributed by atoms with Crippen LogP contribution in [0.15, 0.2) is 42.5 Å². The van der Waals surface area contributed by atoms with Gasteiger partial charge in [0, 0.05) is 12.1 Å². The van der Waals surface area contributed by atoms with Gasteiger partial charge in [0.05, 0.1) is 6.42 Å². The van der Waals surface area contributed by atoms with Gasteiger partial charge in [0.1, 0.15) is 5.82 Å². The average Bonchev–Trinajstić information content (AvgIpc) is 2.55. The number of benzene rings is 2. The summed E-state index contributed by atoms with van der Waals surface area (Å²) < 4.78 is 18.4. The van der Waals surface area contributed by atoms with Crippen molar-refractivity contribution in [1.82, 2.24) is 5.32 Å². The maximum Gasteiger partial charge on any atom is 0.310 e. The van der Waals surface area contributed by atoms with Crippen molar-refractivity contribution in [2.24, 2.45) is 0 Å². The van der Waals surface area contributed by atoms with E-state index in [1.54, 1.807) is 18.2 Å². The summed E-state index contributed by atoms with van der Waals surface area (Å²) in [6.07, 6.45) is 0.113. The molecular formula is C19H20FNO3. The number of hydrogen-bond donors (Lipinski definition) is 1. The third-order valence-corrected chi connectivity index (χ3v) is 3.72. The topological polar surface area (TPSA) is 55.4 Å². The summed E-state index contributed by atoms with van der Waals surface area (Å²) >= 11 is 0. The summed E-state index contributed by atoms with van der Waals surface area (Å²) in [5.41, 5.74) is 3.48. The molecule has 5 heteroatoms. The number of esters is 1. The van der Waals surface area contributed by atoms with Gasteiger partial charge < -0.3 is 10.1 Å². The van der Waals surface area contributed by atoms with Crippen molar-refractivity contribution in [1.29, 1.82) is 0 Å². The predicted octanol–water partition coefficient (Wildman–Crippen LogP) is 2.84. The fourth-order valence-corrected chi connectivity index (χ4v) is 2.16. The molecule has 2 aromatic carbocycles. The van der Waals surface area contributed by atoms with Gasteiger partial charge in [-0.1, -0.05) is 36.4 Å². The Kier molecular flexibility index (Phi) is 6.07. The normalized spacial score (nSPS) is 10.3. The zero-order chi connectivity index (χ0) is 17.5. The minimum Gasteiger partial charge on any atom is -0.455 e. The summed E-state index contributed by atoms with van der Waals surface area (Å²) in [5, 5.41) is 2.52. The molecule has 2 aromatic rings. The standard InChI is InChI=1S/C19H20FNO3/c1-13-7-8-15(9-14(13)2)10-19(23)24-12-18(22)21-11-16-5-3-4-6-17(16)20/h3-9H,10-12H2,1-2H3,(H,21,22). The molecule has 0 radical (unpaired) electrons. The number of nitrogens with one attached hydrogen (secondary N) is 1. The molecule has 0 heterocycles. The molecule has 2 rings (SSSR count). The second kappa shape index (κ2) is 8.24. The third-order valence-electron chi connectivity index (χ3n) is 3.72. The Balaban J connectivity index is 1.76. The molecule has 126 valence electrons. The molecular weight excluding hydrogens is 309 g/mol. The quantitative estimate of drug-likeness (QED) is 0.829. The first-order valence-corrected chi connectivity index (χ1v) is 7.67. The Morgan fingerprint density at radius 2 is 1.83 bits per heavy atom. The van der Waals surface area contributed by atoms with Crippen LogP contribution in [0, 0.1) is 19.7 Å². The highest BCUT2D eigenvalue weighted by molar-refractivity contribution is 5.81. The largest absolute Gasteiger partial charge is 0.455 e. The Hall–Kier alpha value is -2.69. The first kappa shape index (κ1) is 17.7. The number of aryl methyl sites for hydroxylation is 2. The smallest absolute Gasteiger partial charge is 0.310 e. The molecule has 4 nitrogen and oxygen atoms in total. The summed E-state index contributed by atoms with van der Waals surface area (Å²) in [5.74, 6) is -1.32. The van der Waals surface area contributed by atoms with Gasteiger partial charge in [0.25, 0.3) is 5.91 Å². The SMILES string of the molecule is Cc1ccc(CC(=O)OCC(=O)NCc2ccccc2F)cc1C. The van der Waals surface area contributed by atoms with Gasteiger partial charge >= 0.3 is 5.97 Å². The van der Waals surface area contributed by atoms with Crippen molar-refractivity contribution in [3.05, 3.63) is 70.5 Å². The molecule has 24 heavy (non-hydrogen) atoms. The van der Waals surface area contributed by atoms with E-state index in [9.17, 15) is 14.0 Å². The van der Waals surface area contributed by atoms with Crippen molar-refractivity contribution in [2.45, 2.75) is 26.8 Å². The molecule has 1 amide bonds. The maximum atomic E-state index is 13.4. The number of carbonyl (C=O) groups excluding carboxylic acids is 2. The molecule has 0 atom stereocenters. The number of halogens is 1. The molecule has 0 unspecified atom stereocenters. The molecule has 0 aliphatic rings. The van der Waals surface area contributed by atoms with Crippen LogP contribution < -0.4 is 5.32 Å². The number of carbonyl (C=O) groups is 2. The van der Waals surface area contributed by atoms with Crippen LogP contribution >= 0.6 is 0 Å². The summed E-state index contributed by atoms with van der Waals surface area (Å²) in [7, 11) is 0. The van der Waals surface area contributed by atoms with E-state index in [4.69, 9.17) is 4.74 Å². The molecule has 0 aromatic heterocycles. The van der Waals surface area contributed by atoms with E-state index >= 15 is 0 Å². The first-order valence-electron chi connectivity index (χ1n) is 7.67. The van der Waals surface area contributed by atoms with Crippen molar-refractivity contribution in [2.75, 3.05) is 6.61 Å². The van der Waals surface area contributed by atoms with Crippen LogP contribution in [0.4, 0.5) is 4.39 Å². The Bertz CT molecular complexity index is 743. The van der Waals surface area contributed by atoms with Gasteiger partial charge in [0.2, 0.25) is 0 Å². The summed E-state index contributed by atoms with van der Waals surface area (Å²) in [6, 6.07) is 11.9. The van der Waals surface area contributed by atoms with Crippen LogP contribution in [0.2, 0.25) is 0 Å². The zero-order valence-corrected chi connectivity index (χ0v) is 13.8. The van der Waals surface area contributed by atoms with Crippen molar-refractivity contribution in [3.63, 3.8) is 0 Å². The molecule has 0 saturated carbocycles. The Morgan fingerprint density at radius 1 is 1.08 bits per heavy atom. The minimum absolute atomic E-state index is 0.0558. The minimum atomic E-state index is -0.473. The van der Waals surface area contributed by atoms with E-state index < -0.39 is 11.9 Å². The number of ether oxygens (including phenoxy) is 1. The lowest BCUT2D eigenvalue weighted by molar-refractivity contribution is -0.147. The highest BCUT2D eigenvalue weighted by Gasteiger charge is 2.10. The fraction of sp³-hybridized carbons (Fsp3) is 0.263. The second-order valence-corrected chi connectivity index (χ2v) is 5.62. The van der Waals surface area contributed by atoms with Crippen molar-refractivity contribution < 1.29 is 18.7 Å². The molecule has 0 aliphatic carbocycles. The van der Waals surface area contributed by atoms with Gasteiger partial charge in [-0.15, -0.1) is 0 Å². The molecule has 0 fully saturated rings. The van der Waals surface area contributed by atoms with Crippen LogP contribution in [0.25, 0.3) is 0 Å². The molecule has 0 bridgehead atoms. The van der Waals surface area contributed by atoms with Gasteiger partial charge in [-0.05, 0) is 36.6 Å². The number of amides is 1. The van der Waals surface area contributed by atoms with Gasteiger partial charge in [-0.2, -0.15) is 0 Å². The lowest BCUT2D eigenvalue weighted by Crippen LogP contribution is -2.29. The summed E-state index contributed by atoms with van der Waals surface area (Å²) in [4.78, 5) is 23.5. The van der Waals surface area contributed by atoms with Gasteiger partial charge in [-0.3, -0.25) is 9.59 Å². The third kappa shape index (κ3) is 5.19. The monoisotopic (exact) mass is 329 g/mol. The maximum absolute atomic E-state index is 13.4. The summed E-state index contributed by atoms with van der Waals surface area (Å²) in [6.45, 7) is 3.65.